The van der Waals surface area contributed by atoms with Crippen molar-refractivity contribution in [2.24, 2.45) is 5.92 Å². The van der Waals surface area contributed by atoms with Crippen LogP contribution in [0.1, 0.15) is 30.0 Å². The van der Waals surface area contributed by atoms with Gasteiger partial charge in [-0.3, -0.25) is 4.79 Å². The fourth-order valence-corrected chi connectivity index (χ4v) is 4.58. The molecule has 0 saturated carbocycles. The van der Waals surface area contributed by atoms with Gasteiger partial charge in [0.05, 0.1) is 12.0 Å². The fourth-order valence-electron chi connectivity index (χ4n) is 3.79. The average molecular weight is 377 g/mol. The minimum atomic E-state index is -0.226. The van der Waals surface area contributed by atoms with Gasteiger partial charge >= 0.3 is 0 Å². The van der Waals surface area contributed by atoms with Crippen molar-refractivity contribution in [3.8, 4) is 0 Å². The molecule has 136 valence electrons. The Labute approximate surface area is 161 Å². The molecule has 0 amide bonds. The number of nitrogens with one attached hydrogen (secondary N) is 2. The van der Waals surface area contributed by atoms with Gasteiger partial charge in [-0.25, -0.2) is 4.68 Å². The number of Topliss-reactive ketones (excluding diaryl/α,β-unsaturated/α-hetero) is 1. The van der Waals surface area contributed by atoms with Crippen LogP contribution in [0.2, 0.25) is 0 Å². The summed E-state index contributed by atoms with van der Waals surface area (Å²) in [5, 5.41) is 8.80. The Balaban J connectivity index is 1.50. The molecular weight excluding hydrogens is 358 g/mol. The highest BCUT2D eigenvalue weighted by Gasteiger charge is 2.41. The molecule has 1 aromatic carbocycles. The quantitative estimate of drug-likeness (QED) is 0.677. The van der Waals surface area contributed by atoms with E-state index in [-0.39, 0.29) is 17.7 Å². The lowest BCUT2D eigenvalue weighted by atomic mass is 9.81. The smallest absolute Gasteiger partial charge is 0.227 e. The van der Waals surface area contributed by atoms with Crippen molar-refractivity contribution in [1.29, 1.82) is 0 Å². The molecule has 2 aliphatic rings. The molecule has 1 aliphatic heterocycles. The molecule has 1 aliphatic carbocycles. The summed E-state index contributed by atoms with van der Waals surface area (Å²) >= 11 is 1.61. The van der Waals surface area contributed by atoms with Gasteiger partial charge in [0, 0.05) is 30.3 Å². The van der Waals surface area contributed by atoms with Gasteiger partial charge in [0.2, 0.25) is 11.1 Å². The van der Waals surface area contributed by atoms with Crippen molar-refractivity contribution in [3.63, 3.8) is 0 Å². The highest BCUT2D eigenvalue weighted by Crippen LogP contribution is 2.41. The van der Waals surface area contributed by atoms with E-state index in [1.807, 2.05) is 41.3 Å². The number of aromatic nitrogens is 4. The Morgan fingerprint density at radius 2 is 2.11 bits per heavy atom. The molecule has 3 aromatic rings. The van der Waals surface area contributed by atoms with Crippen molar-refractivity contribution in [2.75, 3.05) is 5.32 Å². The summed E-state index contributed by atoms with van der Waals surface area (Å²) < 4.78 is 1.88. The SMILES string of the molecule is O=C1CCC=C2Nc3nc(SCc4ccccc4)nn3[C@@H](c3cc[nH]c3)[C@H]12. The monoisotopic (exact) mass is 377 g/mol. The van der Waals surface area contributed by atoms with Crippen molar-refractivity contribution in [3.05, 3.63) is 71.7 Å². The van der Waals surface area contributed by atoms with Crippen molar-refractivity contribution >= 4 is 23.5 Å². The van der Waals surface area contributed by atoms with Crippen LogP contribution in [-0.2, 0) is 10.5 Å². The van der Waals surface area contributed by atoms with Gasteiger partial charge in [0.25, 0.3) is 0 Å². The number of benzene rings is 1. The van der Waals surface area contributed by atoms with Crippen LogP contribution in [0.15, 0.2) is 65.7 Å². The van der Waals surface area contributed by atoms with E-state index in [1.165, 1.54) is 5.56 Å². The van der Waals surface area contributed by atoms with E-state index < -0.39 is 0 Å². The van der Waals surface area contributed by atoms with Crippen LogP contribution in [0.25, 0.3) is 0 Å². The normalized spacial score (nSPS) is 21.2. The average Bonchev–Trinajstić information content (AvgIpc) is 3.35. The van der Waals surface area contributed by atoms with Crippen molar-refractivity contribution in [1.82, 2.24) is 19.7 Å². The molecule has 3 heterocycles. The van der Waals surface area contributed by atoms with Crippen LogP contribution in [0.4, 0.5) is 5.95 Å². The van der Waals surface area contributed by atoms with E-state index in [1.54, 1.807) is 11.8 Å². The first-order valence-electron chi connectivity index (χ1n) is 9.05. The predicted octanol–water partition coefficient (Wildman–Crippen LogP) is 3.78. The highest BCUT2D eigenvalue weighted by atomic mass is 32.2. The summed E-state index contributed by atoms with van der Waals surface area (Å²) in [6.45, 7) is 0. The van der Waals surface area contributed by atoms with Gasteiger partial charge in [-0.05, 0) is 23.6 Å². The van der Waals surface area contributed by atoms with Crippen LogP contribution in [0.5, 0.6) is 0 Å². The largest absolute Gasteiger partial charge is 0.367 e. The maximum atomic E-state index is 12.7. The van der Waals surface area contributed by atoms with Crippen LogP contribution in [-0.4, -0.2) is 25.5 Å². The van der Waals surface area contributed by atoms with Gasteiger partial charge in [0.15, 0.2) is 0 Å². The molecule has 2 atom stereocenters. The zero-order chi connectivity index (χ0) is 18.2. The minimum Gasteiger partial charge on any atom is -0.367 e. The number of carbonyl (C=O) groups is 1. The molecule has 27 heavy (non-hydrogen) atoms. The molecule has 0 saturated heterocycles. The number of rotatable bonds is 4. The van der Waals surface area contributed by atoms with Crippen molar-refractivity contribution < 1.29 is 4.79 Å². The number of nitrogens with zero attached hydrogens (tertiary/aromatic N) is 3. The first kappa shape index (κ1) is 16.4. The Kier molecular flexibility index (Phi) is 4.09. The summed E-state index contributed by atoms with van der Waals surface area (Å²) in [6, 6.07) is 12.1. The summed E-state index contributed by atoms with van der Waals surface area (Å²) in [7, 11) is 0. The van der Waals surface area contributed by atoms with Crippen LogP contribution in [0, 0.1) is 5.92 Å². The molecule has 6 nitrogen and oxygen atoms in total. The molecule has 0 fully saturated rings. The third kappa shape index (κ3) is 2.98. The molecule has 0 spiro atoms. The number of aromatic amines is 1. The number of hydrogen-bond acceptors (Lipinski definition) is 5. The second kappa shape index (κ2) is 6.74. The second-order valence-corrected chi connectivity index (χ2v) is 7.74. The first-order valence-corrected chi connectivity index (χ1v) is 10.0. The number of fused-ring (bicyclic) bond motifs is 2. The third-order valence-corrected chi connectivity index (χ3v) is 5.97. The molecule has 2 N–H and O–H groups in total. The molecule has 2 aromatic heterocycles. The summed E-state index contributed by atoms with van der Waals surface area (Å²) in [4.78, 5) is 20.5. The zero-order valence-corrected chi connectivity index (χ0v) is 15.4. The molecule has 7 heteroatoms. The standard InChI is InChI=1S/C20H19N5OS/c26-16-8-4-7-15-17(16)18(14-9-10-21-11-14)25-19(22-15)23-20(24-25)27-12-13-5-2-1-3-6-13/h1-3,5-7,9-11,17-18,21H,4,8,12H2,(H,22,23,24)/t17-,18-/m0/s1. The lowest BCUT2D eigenvalue weighted by Crippen LogP contribution is -2.38. The second-order valence-electron chi connectivity index (χ2n) is 6.79. The molecule has 0 unspecified atom stereocenters. The number of thioether (sulfide) groups is 1. The van der Waals surface area contributed by atoms with E-state index >= 15 is 0 Å². The molecule has 0 bridgehead atoms. The van der Waals surface area contributed by atoms with E-state index in [2.05, 4.69) is 33.5 Å². The van der Waals surface area contributed by atoms with E-state index in [4.69, 9.17) is 5.10 Å². The van der Waals surface area contributed by atoms with Crippen LogP contribution in [0.3, 0.4) is 0 Å². The number of allylic oxidation sites excluding steroid dienone is 2. The molecular formula is C20H19N5OS. The van der Waals surface area contributed by atoms with E-state index in [0.29, 0.717) is 17.5 Å². The lowest BCUT2D eigenvalue weighted by Gasteiger charge is -2.35. The highest BCUT2D eigenvalue weighted by molar-refractivity contribution is 7.98. The van der Waals surface area contributed by atoms with Gasteiger partial charge in [-0.2, -0.15) is 4.98 Å². The van der Waals surface area contributed by atoms with E-state index in [9.17, 15) is 4.79 Å². The zero-order valence-electron chi connectivity index (χ0n) is 14.6. The Hall–Kier alpha value is -2.80. The van der Waals surface area contributed by atoms with E-state index in [0.717, 1.165) is 23.4 Å². The number of anilines is 1. The summed E-state index contributed by atoms with van der Waals surface area (Å²) in [5.41, 5.74) is 3.24. The minimum absolute atomic E-state index is 0.162. The third-order valence-electron chi connectivity index (χ3n) is 5.06. The lowest BCUT2D eigenvalue weighted by molar-refractivity contribution is -0.123. The number of H-pyrrole nitrogens is 1. The van der Waals surface area contributed by atoms with Gasteiger partial charge < -0.3 is 10.3 Å². The van der Waals surface area contributed by atoms with Gasteiger partial charge in [-0.1, -0.05) is 48.2 Å². The fraction of sp³-hybridized carbons (Fsp3) is 0.250. The predicted molar refractivity (Wildman–Crippen MR) is 104 cm³/mol. The topological polar surface area (TPSA) is 75.6 Å². The maximum Gasteiger partial charge on any atom is 0.227 e. The van der Waals surface area contributed by atoms with Crippen LogP contribution >= 0.6 is 11.8 Å². The number of carbonyl (C=O) groups excluding carboxylic acids is 1. The Morgan fingerprint density at radius 3 is 2.93 bits per heavy atom. The molecule has 0 radical (unpaired) electrons. The number of hydrogen-bond donors (Lipinski definition) is 2. The van der Waals surface area contributed by atoms with Crippen LogP contribution < -0.4 is 5.32 Å². The maximum absolute atomic E-state index is 12.7. The van der Waals surface area contributed by atoms with Gasteiger partial charge in [-0.15, -0.1) is 5.10 Å². The summed E-state index contributed by atoms with van der Waals surface area (Å²) in [5.74, 6) is 1.54. The van der Waals surface area contributed by atoms with Crippen molar-refractivity contribution in [2.45, 2.75) is 29.8 Å². The van der Waals surface area contributed by atoms with Gasteiger partial charge in [0.1, 0.15) is 5.78 Å². The Morgan fingerprint density at radius 1 is 1.22 bits per heavy atom. The first-order chi connectivity index (χ1) is 13.3. The molecule has 5 rings (SSSR count). The number of ketones is 1. The summed E-state index contributed by atoms with van der Waals surface area (Å²) in [6.07, 6.45) is 7.31. The Bertz CT molecular complexity index is 993.